The zero-order valence-electron chi connectivity index (χ0n) is 13.4. The topological polar surface area (TPSA) is 81.8 Å². The van der Waals surface area contributed by atoms with Crippen LogP contribution in [0.15, 0.2) is 30.3 Å². The number of nitrogens with one attached hydrogen (secondary N) is 2. The molecule has 1 aromatic carbocycles. The number of para-hydroxylation sites is 1. The van der Waals surface area contributed by atoms with Crippen molar-refractivity contribution in [3.8, 4) is 0 Å². The Morgan fingerprint density at radius 2 is 1.91 bits per heavy atom. The third-order valence-electron chi connectivity index (χ3n) is 3.67. The predicted molar refractivity (Wildman–Crippen MR) is 87.0 cm³/mol. The Balaban J connectivity index is 1.76. The molecule has 0 aromatic heterocycles. The largest absolute Gasteiger partial charge is 0.354 e. The zero-order chi connectivity index (χ0) is 16.8. The molecular weight excluding hydrogens is 296 g/mol. The molecule has 7 nitrogen and oxygen atoms in total. The van der Waals surface area contributed by atoms with E-state index in [-0.39, 0.29) is 30.3 Å². The standard InChI is InChI=1S/C16H22N4O3/c1-19(2)16(23)18-10-14(21)17-9-12-8-15(22)20(11-12)13-6-4-3-5-7-13/h3-7,12H,8-11H2,1-2H3,(H,17,21)(H,18,23)/t12-/m1/s1. The van der Waals surface area contributed by atoms with E-state index in [0.29, 0.717) is 19.5 Å². The molecule has 1 fully saturated rings. The molecule has 1 saturated heterocycles. The van der Waals surface area contributed by atoms with Gasteiger partial charge in [-0.2, -0.15) is 0 Å². The van der Waals surface area contributed by atoms with Crippen LogP contribution in [0.25, 0.3) is 0 Å². The van der Waals surface area contributed by atoms with Crippen LogP contribution in [0.2, 0.25) is 0 Å². The van der Waals surface area contributed by atoms with Crippen molar-refractivity contribution in [2.24, 2.45) is 5.92 Å². The number of rotatable bonds is 5. The fourth-order valence-corrected chi connectivity index (χ4v) is 2.41. The van der Waals surface area contributed by atoms with Crippen molar-refractivity contribution in [3.63, 3.8) is 0 Å². The maximum absolute atomic E-state index is 12.1. The Bertz CT molecular complexity index is 574. The van der Waals surface area contributed by atoms with Crippen LogP contribution >= 0.6 is 0 Å². The third-order valence-corrected chi connectivity index (χ3v) is 3.67. The fraction of sp³-hybridized carbons (Fsp3) is 0.438. The van der Waals surface area contributed by atoms with Crippen LogP contribution in [0.4, 0.5) is 10.5 Å². The SMILES string of the molecule is CN(C)C(=O)NCC(=O)NC[C@H]1CC(=O)N(c2ccccc2)C1. The second-order valence-corrected chi connectivity index (χ2v) is 5.77. The molecule has 2 N–H and O–H groups in total. The van der Waals surface area contributed by atoms with Gasteiger partial charge in [0.05, 0.1) is 6.54 Å². The molecule has 4 amide bonds. The molecule has 2 rings (SSSR count). The molecule has 7 heteroatoms. The highest BCUT2D eigenvalue weighted by atomic mass is 16.2. The average molecular weight is 318 g/mol. The molecule has 1 atom stereocenters. The normalized spacial score (nSPS) is 17.0. The van der Waals surface area contributed by atoms with Crippen LogP contribution in [0.5, 0.6) is 0 Å². The summed E-state index contributed by atoms with van der Waals surface area (Å²) in [5.41, 5.74) is 0.879. The van der Waals surface area contributed by atoms with Crippen LogP contribution < -0.4 is 15.5 Å². The molecule has 0 bridgehead atoms. The van der Waals surface area contributed by atoms with Crippen molar-refractivity contribution in [2.75, 3.05) is 38.6 Å². The monoisotopic (exact) mass is 318 g/mol. The maximum Gasteiger partial charge on any atom is 0.317 e. The lowest BCUT2D eigenvalue weighted by molar-refractivity contribution is -0.121. The Hall–Kier alpha value is -2.57. The summed E-state index contributed by atoms with van der Waals surface area (Å²) >= 11 is 0. The van der Waals surface area contributed by atoms with Crippen molar-refractivity contribution in [2.45, 2.75) is 6.42 Å². The van der Waals surface area contributed by atoms with E-state index in [1.165, 1.54) is 4.90 Å². The first-order chi connectivity index (χ1) is 11.0. The summed E-state index contributed by atoms with van der Waals surface area (Å²) in [7, 11) is 3.21. The Kier molecular flexibility index (Phi) is 5.56. The first-order valence-electron chi connectivity index (χ1n) is 7.54. The van der Waals surface area contributed by atoms with Gasteiger partial charge < -0.3 is 20.4 Å². The summed E-state index contributed by atoms with van der Waals surface area (Å²) in [6.45, 7) is 0.943. The van der Waals surface area contributed by atoms with E-state index in [4.69, 9.17) is 0 Å². The van der Waals surface area contributed by atoms with Gasteiger partial charge in [-0.3, -0.25) is 9.59 Å². The van der Waals surface area contributed by atoms with Crippen LogP contribution in [-0.4, -0.2) is 56.5 Å². The van der Waals surface area contributed by atoms with Gasteiger partial charge >= 0.3 is 6.03 Å². The predicted octanol–water partition coefficient (Wildman–Crippen LogP) is 0.427. The van der Waals surface area contributed by atoms with Gasteiger partial charge in [-0.15, -0.1) is 0 Å². The van der Waals surface area contributed by atoms with Crippen molar-refractivity contribution in [1.29, 1.82) is 0 Å². The number of benzene rings is 1. The van der Waals surface area contributed by atoms with Crippen LogP contribution in [0.3, 0.4) is 0 Å². The number of anilines is 1. The molecule has 0 unspecified atom stereocenters. The quantitative estimate of drug-likeness (QED) is 0.826. The first kappa shape index (κ1) is 16.8. The Labute approximate surface area is 135 Å². The lowest BCUT2D eigenvalue weighted by Crippen LogP contribution is -2.42. The Morgan fingerprint density at radius 1 is 1.22 bits per heavy atom. The second kappa shape index (κ2) is 7.62. The number of amides is 4. The number of hydrogen-bond donors (Lipinski definition) is 2. The third kappa shape index (κ3) is 4.70. The van der Waals surface area contributed by atoms with E-state index in [0.717, 1.165) is 5.69 Å². The first-order valence-corrected chi connectivity index (χ1v) is 7.54. The molecule has 0 spiro atoms. The van der Waals surface area contributed by atoms with Crippen molar-refractivity contribution < 1.29 is 14.4 Å². The van der Waals surface area contributed by atoms with E-state index in [2.05, 4.69) is 10.6 Å². The fourth-order valence-electron chi connectivity index (χ4n) is 2.41. The molecular formula is C16H22N4O3. The van der Waals surface area contributed by atoms with Gasteiger partial charge in [-0.1, -0.05) is 18.2 Å². The molecule has 0 radical (unpaired) electrons. The van der Waals surface area contributed by atoms with Gasteiger partial charge in [-0.05, 0) is 12.1 Å². The summed E-state index contributed by atoms with van der Waals surface area (Å²) in [6, 6.07) is 9.18. The molecule has 23 heavy (non-hydrogen) atoms. The molecule has 124 valence electrons. The molecule has 1 heterocycles. The van der Waals surface area contributed by atoms with Crippen molar-refractivity contribution in [1.82, 2.24) is 15.5 Å². The van der Waals surface area contributed by atoms with Gasteiger partial charge in [0.25, 0.3) is 0 Å². The lowest BCUT2D eigenvalue weighted by Gasteiger charge is -2.17. The van der Waals surface area contributed by atoms with Crippen LogP contribution in [0.1, 0.15) is 6.42 Å². The van der Waals surface area contributed by atoms with Gasteiger partial charge in [0.1, 0.15) is 0 Å². The van der Waals surface area contributed by atoms with Crippen molar-refractivity contribution >= 4 is 23.5 Å². The minimum Gasteiger partial charge on any atom is -0.354 e. The molecule has 1 aliphatic rings. The van der Waals surface area contributed by atoms with E-state index in [1.54, 1.807) is 19.0 Å². The minimum atomic E-state index is -0.313. The second-order valence-electron chi connectivity index (χ2n) is 5.77. The number of hydrogen-bond acceptors (Lipinski definition) is 3. The molecule has 1 aliphatic heterocycles. The summed E-state index contributed by atoms with van der Waals surface area (Å²) < 4.78 is 0. The van der Waals surface area contributed by atoms with E-state index in [9.17, 15) is 14.4 Å². The molecule has 0 aliphatic carbocycles. The highest BCUT2D eigenvalue weighted by molar-refractivity contribution is 5.95. The van der Waals surface area contributed by atoms with Crippen molar-refractivity contribution in [3.05, 3.63) is 30.3 Å². The van der Waals surface area contributed by atoms with E-state index in [1.807, 2.05) is 30.3 Å². The summed E-state index contributed by atoms with van der Waals surface area (Å²) in [4.78, 5) is 38.2. The lowest BCUT2D eigenvalue weighted by atomic mass is 10.1. The summed E-state index contributed by atoms with van der Waals surface area (Å²) in [5, 5.41) is 5.26. The average Bonchev–Trinajstić information content (AvgIpc) is 2.92. The Morgan fingerprint density at radius 3 is 2.57 bits per heavy atom. The maximum atomic E-state index is 12.1. The highest BCUT2D eigenvalue weighted by Gasteiger charge is 2.30. The number of nitrogens with zero attached hydrogens (tertiary/aromatic N) is 2. The van der Waals surface area contributed by atoms with Gasteiger partial charge in [0, 0.05) is 45.2 Å². The number of carbonyl (C=O) groups excluding carboxylic acids is 3. The molecule has 1 aromatic rings. The van der Waals surface area contributed by atoms with Crippen LogP contribution in [0, 0.1) is 5.92 Å². The number of urea groups is 1. The minimum absolute atomic E-state index is 0.0661. The zero-order valence-corrected chi connectivity index (χ0v) is 13.4. The van der Waals surface area contributed by atoms with Gasteiger partial charge in [0.2, 0.25) is 11.8 Å². The van der Waals surface area contributed by atoms with Crippen LogP contribution in [-0.2, 0) is 9.59 Å². The van der Waals surface area contributed by atoms with Gasteiger partial charge in [-0.25, -0.2) is 4.79 Å². The summed E-state index contributed by atoms with van der Waals surface area (Å²) in [5.74, 6) is -0.113. The smallest absolute Gasteiger partial charge is 0.317 e. The highest BCUT2D eigenvalue weighted by Crippen LogP contribution is 2.24. The van der Waals surface area contributed by atoms with Gasteiger partial charge in [0.15, 0.2) is 0 Å². The summed E-state index contributed by atoms with van der Waals surface area (Å²) in [6.07, 6.45) is 0.416. The van der Waals surface area contributed by atoms with E-state index < -0.39 is 0 Å². The number of carbonyl (C=O) groups is 3. The molecule has 0 saturated carbocycles. The van der Waals surface area contributed by atoms with E-state index >= 15 is 0 Å².